The second-order valence-corrected chi connectivity index (χ2v) is 11.4. The van der Waals surface area contributed by atoms with Gasteiger partial charge in [-0.25, -0.2) is 8.78 Å². The Morgan fingerprint density at radius 3 is 2.23 bits per heavy atom. The highest BCUT2D eigenvalue weighted by Crippen LogP contribution is 2.48. The average molecular weight is 602 g/mol. The van der Waals surface area contributed by atoms with Crippen LogP contribution in [0.2, 0.25) is 0 Å². The maximum Gasteiger partial charge on any atom is 0.240 e. The minimum atomic E-state index is -1.27. The molecule has 0 aliphatic heterocycles. The molecule has 2 saturated carbocycles. The standard InChI is InChI=1S/C34H33F2N3O5/c1-42-30-18-25-27(19-31(30)43-20-21-5-3-2-4-6-21)37-16-13-28(25)44-29-12-11-24(17-26(29)36)39-33(41)34(14-15-34)32(40)38-23-9-7-22(35)8-10-23/h7-13,16-19,21H,2-6,14-15,20H2,1H3,(H,38,40)(H,39,41). The maximum absolute atomic E-state index is 15.2. The Bertz CT molecular complexity index is 1680. The van der Waals surface area contributed by atoms with Gasteiger partial charge in [0.15, 0.2) is 23.1 Å². The van der Waals surface area contributed by atoms with Crippen LogP contribution < -0.4 is 24.8 Å². The summed E-state index contributed by atoms with van der Waals surface area (Å²) < 4.78 is 46.1. The van der Waals surface area contributed by atoms with Crippen molar-refractivity contribution < 1.29 is 32.6 Å². The van der Waals surface area contributed by atoms with Crippen molar-refractivity contribution in [3.63, 3.8) is 0 Å². The van der Waals surface area contributed by atoms with Crippen LogP contribution in [0.25, 0.3) is 10.9 Å². The number of nitrogens with one attached hydrogen (secondary N) is 2. The molecule has 0 bridgehead atoms. The Morgan fingerprint density at radius 2 is 1.55 bits per heavy atom. The molecule has 8 nitrogen and oxygen atoms in total. The first-order valence-corrected chi connectivity index (χ1v) is 14.8. The first-order valence-electron chi connectivity index (χ1n) is 14.8. The van der Waals surface area contributed by atoms with Crippen LogP contribution in [0.15, 0.2) is 66.9 Å². The highest BCUT2D eigenvalue weighted by molar-refractivity contribution is 6.16. The molecule has 2 aliphatic rings. The minimum Gasteiger partial charge on any atom is -0.493 e. The van der Waals surface area contributed by atoms with E-state index < -0.39 is 28.9 Å². The molecule has 2 fully saturated rings. The molecule has 2 N–H and O–H groups in total. The van der Waals surface area contributed by atoms with Crippen molar-refractivity contribution in [3.05, 3.63) is 78.5 Å². The van der Waals surface area contributed by atoms with E-state index in [-0.39, 0.29) is 11.4 Å². The summed E-state index contributed by atoms with van der Waals surface area (Å²) in [6.07, 6.45) is 8.33. The van der Waals surface area contributed by atoms with E-state index in [1.54, 1.807) is 31.5 Å². The number of hydrogen-bond donors (Lipinski definition) is 2. The molecule has 0 unspecified atom stereocenters. The van der Waals surface area contributed by atoms with E-state index >= 15 is 4.39 Å². The van der Waals surface area contributed by atoms with E-state index in [0.29, 0.717) is 59.2 Å². The van der Waals surface area contributed by atoms with Crippen LogP contribution in [0, 0.1) is 23.0 Å². The molecule has 0 saturated heterocycles. The van der Waals surface area contributed by atoms with Gasteiger partial charge >= 0.3 is 0 Å². The largest absolute Gasteiger partial charge is 0.493 e. The van der Waals surface area contributed by atoms with Crippen LogP contribution in [0.1, 0.15) is 44.9 Å². The van der Waals surface area contributed by atoms with Gasteiger partial charge in [0.2, 0.25) is 11.8 Å². The van der Waals surface area contributed by atoms with Crippen LogP contribution in [0.5, 0.6) is 23.0 Å². The number of hydrogen-bond acceptors (Lipinski definition) is 6. The Balaban J connectivity index is 1.14. The van der Waals surface area contributed by atoms with Gasteiger partial charge in [-0.15, -0.1) is 0 Å². The number of halogens is 2. The number of carbonyl (C=O) groups is 2. The summed E-state index contributed by atoms with van der Waals surface area (Å²) in [5, 5.41) is 5.91. The van der Waals surface area contributed by atoms with Crippen LogP contribution >= 0.6 is 0 Å². The van der Waals surface area contributed by atoms with Gasteiger partial charge in [-0.2, -0.15) is 0 Å². The van der Waals surface area contributed by atoms with Crippen molar-refractivity contribution in [2.45, 2.75) is 44.9 Å². The molecule has 1 heterocycles. The Morgan fingerprint density at radius 1 is 0.841 bits per heavy atom. The van der Waals surface area contributed by atoms with Crippen LogP contribution in [0.3, 0.4) is 0 Å². The predicted molar refractivity (Wildman–Crippen MR) is 162 cm³/mol. The minimum absolute atomic E-state index is 0.0534. The fourth-order valence-electron chi connectivity index (χ4n) is 5.55. The zero-order valence-corrected chi connectivity index (χ0v) is 24.3. The summed E-state index contributed by atoms with van der Waals surface area (Å²) in [4.78, 5) is 30.3. The van der Waals surface area contributed by atoms with E-state index in [1.807, 2.05) is 0 Å². The van der Waals surface area contributed by atoms with Gasteiger partial charge in [-0.3, -0.25) is 14.6 Å². The molecule has 1 aromatic heterocycles. The number of methoxy groups -OCH3 is 1. The quantitative estimate of drug-likeness (QED) is 0.181. The molecule has 2 amide bonds. The van der Waals surface area contributed by atoms with Gasteiger partial charge in [-0.05, 0) is 80.1 Å². The highest BCUT2D eigenvalue weighted by atomic mass is 19.1. The first kappa shape index (κ1) is 29.3. The van der Waals surface area contributed by atoms with Crippen molar-refractivity contribution in [2.24, 2.45) is 11.3 Å². The lowest BCUT2D eigenvalue weighted by molar-refractivity contribution is -0.131. The number of rotatable bonds is 10. The fourth-order valence-corrected chi connectivity index (χ4v) is 5.55. The Labute approximate surface area is 253 Å². The normalized spacial score (nSPS) is 15.8. The lowest BCUT2D eigenvalue weighted by atomic mass is 9.90. The Hall–Kier alpha value is -4.73. The first-order chi connectivity index (χ1) is 21.3. The summed E-state index contributed by atoms with van der Waals surface area (Å²) in [5.41, 5.74) is -0.0948. The molecular weight excluding hydrogens is 568 g/mol. The number of nitrogens with zero attached hydrogens (tertiary/aromatic N) is 1. The lowest BCUT2D eigenvalue weighted by Gasteiger charge is -2.22. The fraction of sp³-hybridized carbons (Fsp3) is 0.324. The van der Waals surface area contributed by atoms with Gasteiger partial charge in [0.25, 0.3) is 0 Å². The molecule has 6 rings (SSSR count). The molecule has 44 heavy (non-hydrogen) atoms. The van der Waals surface area contributed by atoms with Gasteiger partial charge in [-0.1, -0.05) is 19.3 Å². The highest BCUT2D eigenvalue weighted by Gasteiger charge is 2.56. The second kappa shape index (κ2) is 12.5. The van der Waals surface area contributed by atoms with Crippen LogP contribution in [-0.4, -0.2) is 30.5 Å². The summed E-state index contributed by atoms with van der Waals surface area (Å²) in [7, 11) is 1.57. The van der Waals surface area contributed by atoms with Crippen LogP contribution in [0.4, 0.5) is 20.2 Å². The molecule has 4 aromatic rings. The van der Waals surface area contributed by atoms with E-state index in [0.717, 1.165) is 18.9 Å². The summed E-state index contributed by atoms with van der Waals surface area (Å²) in [5.74, 6) is -0.202. The lowest BCUT2D eigenvalue weighted by Crippen LogP contribution is -2.35. The van der Waals surface area contributed by atoms with Crippen molar-refractivity contribution >= 4 is 34.1 Å². The third-order valence-corrected chi connectivity index (χ3v) is 8.32. The number of carbonyl (C=O) groups excluding carboxylic acids is 2. The summed E-state index contributed by atoms with van der Waals surface area (Å²) in [6, 6.07) is 14.5. The van der Waals surface area contributed by atoms with Crippen molar-refractivity contribution in [2.75, 3.05) is 24.4 Å². The van der Waals surface area contributed by atoms with E-state index in [1.165, 1.54) is 55.7 Å². The smallest absolute Gasteiger partial charge is 0.240 e. The number of amides is 2. The van der Waals surface area contributed by atoms with E-state index in [9.17, 15) is 14.0 Å². The van der Waals surface area contributed by atoms with E-state index in [4.69, 9.17) is 14.2 Å². The van der Waals surface area contributed by atoms with Gasteiger partial charge in [0.1, 0.15) is 17.0 Å². The van der Waals surface area contributed by atoms with Gasteiger partial charge < -0.3 is 24.8 Å². The number of benzene rings is 3. The van der Waals surface area contributed by atoms with Gasteiger partial charge in [0, 0.05) is 35.1 Å². The molecule has 3 aromatic carbocycles. The molecule has 10 heteroatoms. The van der Waals surface area contributed by atoms with E-state index in [2.05, 4.69) is 15.6 Å². The summed E-state index contributed by atoms with van der Waals surface area (Å²) in [6.45, 7) is 0.617. The molecule has 228 valence electrons. The second-order valence-electron chi connectivity index (χ2n) is 11.4. The SMILES string of the molecule is COc1cc2c(Oc3ccc(NC(=O)C4(C(=O)Nc5ccc(F)cc5)CC4)cc3F)ccnc2cc1OCC1CCCCC1. The number of pyridine rings is 1. The van der Waals surface area contributed by atoms with Crippen molar-refractivity contribution in [1.29, 1.82) is 0 Å². The molecule has 2 aliphatic carbocycles. The number of fused-ring (bicyclic) bond motifs is 1. The zero-order valence-electron chi connectivity index (χ0n) is 24.3. The number of anilines is 2. The van der Waals surface area contributed by atoms with Gasteiger partial charge in [0.05, 0.1) is 19.2 Å². The van der Waals surface area contributed by atoms with Crippen molar-refractivity contribution in [1.82, 2.24) is 4.98 Å². The number of ether oxygens (including phenoxy) is 3. The molecular formula is C34H33F2N3O5. The molecule has 0 spiro atoms. The average Bonchev–Trinajstić information content (AvgIpc) is 3.85. The predicted octanol–water partition coefficient (Wildman–Crippen LogP) is 7.63. The Kier molecular flexibility index (Phi) is 8.32. The molecule has 0 atom stereocenters. The topological polar surface area (TPSA) is 98.8 Å². The molecule has 0 radical (unpaired) electrons. The maximum atomic E-state index is 15.2. The summed E-state index contributed by atoms with van der Waals surface area (Å²) >= 11 is 0. The number of aromatic nitrogens is 1. The van der Waals surface area contributed by atoms with Crippen LogP contribution in [-0.2, 0) is 9.59 Å². The van der Waals surface area contributed by atoms with Crippen molar-refractivity contribution in [3.8, 4) is 23.0 Å². The third-order valence-electron chi connectivity index (χ3n) is 8.32. The monoisotopic (exact) mass is 601 g/mol. The third kappa shape index (κ3) is 6.29. The zero-order chi connectivity index (χ0) is 30.7.